The molecule has 2 aromatic rings. The molecule has 0 amide bonds. The molecule has 0 aliphatic rings. The molecule has 5 heteroatoms. The van der Waals surface area contributed by atoms with E-state index in [1.807, 2.05) is 0 Å². The summed E-state index contributed by atoms with van der Waals surface area (Å²) in [5.41, 5.74) is 2.67. The molecule has 0 nitrogen and oxygen atoms in total. The molecule has 2 aromatic carbocycles. The zero-order valence-corrected chi connectivity index (χ0v) is 15.1. The van der Waals surface area contributed by atoms with Crippen molar-refractivity contribution in [1.82, 2.24) is 0 Å². The molecule has 0 radical (unpaired) electrons. The van der Waals surface area contributed by atoms with Crippen molar-refractivity contribution in [1.29, 1.82) is 0 Å². The van der Waals surface area contributed by atoms with E-state index in [2.05, 4.69) is 54.0 Å². The van der Waals surface area contributed by atoms with Gasteiger partial charge in [-0.25, -0.2) is 0 Å². The van der Waals surface area contributed by atoms with E-state index in [9.17, 15) is 0 Å². The summed E-state index contributed by atoms with van der Waals surface area (Å²) in [5, 5.41) is 2.70. The van der Waals surface area contributed by atoms with E-state index in [1.165, 1.54) is 26.4 Å². The molecule has 0 atom stereocenters. The Morgan fingerprint density at radius 2 is 1.75 bits per heavy atom. The summed E-state index contributed by atoms with van der Waals surface area (Å²) < 4.78 is 1.20. The molecule has 0 aliphatic heterocycles. The molecule has 0 bridgehead atoms. The molecular formula is C11H10BrCl3Zr-. The zero-order valence-electron chi connectivity index (χ0n) is 8.82. The van der Waals surface area contributed by atoms with Gasteiger partial charge in [0.15, 0.2) is 0 Å². The van der Waals surface area contributed by atoms with E-state index < -0.39 is 18.2 Å². The van der Waals surface area contributed by atoms with Crippen molar-refractivity contribution >= 4 is 52.2 Å². The second-order valence-electron chi connectivity index (χ2n) is 3.42. The van der Waals surface area contributed by atoms with Gasteiger partial charge in [0.2, 0.25) is 0 Å². The van der Waals surface area contributed by atoms with Gasteiger partial charge in [-0.2, -0.15) is 6.07 Å². The van der Waals surface area contributed by atoms with Crippen LogP contribution in [-0.2, 0) is 18.2 Å². The number of aryl methyl sites for hydroxylation is 2. The van der Waals surface area contributed by atoms with Crippen molar-refractivity contribution in [2.24, 2.45) is 0 Å². The molecule has 0 heterocycles. The maximum absolute atomic E-state index is 5.00. The minimum absolute atomic E-state index is 1.20. The first-order chi connectivity index (χ1) is 7.41. The zero-order chi connectivity index (χ0) is 12.3. The third-order valence-corrected chi connectivity index (χ3v) is 3.10. The number of hydrogen-bond acceptors (Lipinski definition) is 0. The van der Waals surface area contributed by atoms with Gasteiger partial charge in [0, 0.05) is 4.47 Å². The molecule has 0 saturated carbocycles. The monoisotopic (exact) mass is 416 g/mol. The third kappa shape index (κ3) is 4.39. The van der Waals surface area contributed by atoms with E-state index in [0.29, 0.717) is 0 Å². The third-order valence-electron chi connectivity index (χ3n) is 2.24. The van der Waals surface area contributed by atoms with Crippen LogP contribution in [0.4, 0.5) is 0 Å². The molecule has 0 aromatic heterocycles. The van der Waals surface area contributed by atoms with E-state index in [0.717, 1.165) is 0 Å². The summed E-state index contributed by atoms with van der Waals surface area (Å²) in [7, 11) is 15.0. The Morgan fingerprint density at radius 3 is 2.31 bits per heavy atom. The maximum atomic E-state index is 5.00. The van der Waals surface area contributed by atoms with Crippen LogP contribution in [0.1, 0.15) is 11.1 Å². The fourth-order valence-electron chi connectivity index (χ4n) is 1.55. The first kappa shape index (κ1) is 15.1. The standard InChI is InChI=1S/C11H10Br.3ClH.Zr/c1-7-5-9-3-4-11(12)8(2)10(9)6-7;;;;/h3-6H,1-2H3;3*1H;/q-1;;;;+3/p-3. The second kappa shape index (κ2) is 6.85. The fraction of sp³-hybridized carbons (Fsp3) is 0.182. The Bertz CT molecular complexity index is 477. The van der Waals surface area contributed by atoms with Crippen molar-refractivity contribution in [3.05, 3.63) is 39.9 Å². The van der Waals surface area contributed by atoms with Crippen molar-refractivity contribution in [3.8, 4) is 0 Å². The second-order valence-corrected chi connectivity index (χ2v) is 15.5. The van der Waals surface area contributed by atoms with Crippen LogP contribution >= 0.6 is 41.5 Å². The molecule has 0 saturated heterocycles. The number of benzene rings is 1. The topological polar surface area (TPSA) is 0 Å². The summed E-state index contributed by atoms with van der Waals surface area (Å²) in [6.07, 6.45) is 0. The molecule has 16 heavy (non-hydrogen) atoms. The van der Waals surface area contributed by atoms with Gasteiger partial charge in [-0.05, 0) is 6.92 Å². The predicted molar refractivity (Wildman–Crippen MR) is 74.3 cm³/mol. The van der Waals surface area contributed by atoms with Crippen LogP contribution in [0.3, 0.4) is 0 Å². The average molecular weight is 420 g/mol. The van der Waals surface area contributed by atoms with Gasteiger partial charge in [0.25, 0.3) is 0 Å². The number of fused-ring (bicyclic) bond motifs is 1. The van der Waals surface area contributed by atoms with Crippen molar-refractivity contribution in [2.45, 2.75) is 13.8 Å². The molecular weight excluding hydrogens is 410 g/mol. The van der Waals surface area contributed by atoms with Gasteiger partial charge < -0.3 is 0 Å². The summed E-state index contributed by atoms with van der Waals surface area (Å²) in [6.45, 7) is 4.28. The van der Waals surface area contributed by atoms with Crippen molar-refractivity contribution < 1.29 is 18.2 Å². The summed E-state index contributed by atoms with van der Waals surface area (Å²) >= 11 is 1.40. The van der Waals surface area contributed by atoms with Crippen LogP contribution in [0.5, 0.6) is 0 Å². The Kier molecular flexibility index (Phi) is 6.48. The molecule has 0 aliphatic carbocycles. The van der Waals surface area contributed by atoms with Gasteiger partial charge >= 0.3 is 43.7 Å². The summed E-state index contributed by atoms with van der Waals surface area (Å²) in [4.78, 5) is 0. The van der Waals surface area contributed by atoms with E-state index in [-0.39, 0.29) is 0 Å². The van der Waals surface area contributed by atoms with Gasteiger partial charge in [-0.15, -0.1) is 28.5 Å². The predicted octanol–water partition coefficient (Wildman–Crippen LogP) is 6.00. The number of hydrogen-bond donors (Lipinski definition) is 0. The van der Waals surface area contributed by atoms with Crippen molar-refractivity contribution in [3.63, 3.8) is 0 Å². The van der Waals surface area contributed by atoms with Gasteiger partial charge in [-0.1, -0.05) is 34.5 Å². The van der Waals surface area contributed by atoms with Gasteiger partial charge in [0.1, 0.15) is 0 Å². The van der Waals surface area contributed by atoms with Crippen LogP contribution in [0.15, 0.2) is 28.7 Å². The molecule has 0 N–H and O–H groups in total. The number of halogens is 4. The van der Waals surface area contributed by atoms with Gasteiger partial charge in [-0.3, -0.25) is 0 Å². The SMILES string of the molecule is Cc1cc2c(C)c(Br)ccc2[cH-]1.[Cl][Zr]([Cl])[Cl]. The van der Waals surface area contributed by atoms with Crippen LogP contribution in [0.2, 0.25) is 0 Å². The first-order valence-electron chi connectivity index (χ1n) is 4.57. The first-order valence-corrected chi connectivity index (χ1v) is 14.9. The molecule has 2 rings (SSSR count). The summed E-state index contributed by atoms with van der Waals surface area (Å²) in [5.74, 6) is 0. The van der Waals surface area contributed by atoms with Crippen LogP contribution in [0.25, 0.3) is 10.8 Å². The van der Waals surface area contributed by atoms with Crippen molar-refractivity contribution in [2.75, 3.05) is 0 Å². The molecule has 0 unspecified atom stereocenters. The van der Waals surface area contributed by atoms with Crippen LogP contribution in [0, 0.1) is 13.8 Å². The van der Waals surface area contributed by atoms with E-state index >= 15 is 0 Å². The van der Waals surface area contributed by atoms with E-state index in [1.54, 1.807) is 0 Å². The van der Waals surface area contributed by atoms with Crippen LogP contribution < -0.4 is 0 Å². The number of rotatable bonds is 0. The van der Waals surface area contributed by atoms with E-state index in [4.69, 9.17) is 25.5 Å². The Labute approximate surface area is 123 Å². The quantitative estimate of drug-likeness (QED) is 0.459. The summed E-state index contributed by atoms with van der Waals surface area (Å²) in [6, 6.07) is 8.71. The Morgan fingerprint density at radius 1 is 1.19 bits per heavy atom. The normalized spacial score (nSPS) is 9.88. The average Bonchev–Trinajstić information content (AvgIpc) is 2.53. The van der Waals surface area contributed by atoms with Crippen LogP contribution in [-0.4, -0.2) is 0 Å². The molecule has 0 fully saturated rings. The molecule has 87 valence electrons. The van der Waals surface area contributed by atoms with Gasteiger partial charge in [0.05, 0.1) is 0 Å². The minimum atomic E-state index is -2.13. The Hall–Kier alpha value is 1.06. The molecule has 0 spiro atoms. The Balaban J connectivity index is 0.000000280. The fourth-order valence-corrected chi connectivity index (χ4v) is 1.90.